The lowest BCUT2D eigenvalue weighted by molar-refractivity contribution is 0.351. The fourth-order valence-electron chi connectivity index (χ4n) is 2.66. The highest BCUT2D eigenvalue weighted by Crippen LogP contribution is 2.41. The Kier molecular flexibility index (Phi) is 4.01. The average Bonchev–Trinajstić information content (AvgIpc) is 3.05. The Morgan fingerprint density at radius 3 is 3.00 bits per heavy atom. The summed E-state index contributed by atoms with van der Waals surface area (Å²) in [6.07, 6.45) is 0.999. The predicted molar refractivity (Wildman–Crippen MR) is 85.2 cm³/mol. The van der Waals surface area contributed by atoms with Gasteiger partial charge in [-0.2, -0.15) is 0 Å². The Balaban J connectivity index is 2.08. The number of fused-ring (bicyclic) bond motifs is 1. The SMILES string of the molecule is CCNC(c1cccc2c1OCC2)c1scc(C)c1Cl. The molecule has 2 nitrogen and oxygen atoms in total. The van der Waals surface area contributed by atoms with Gasteiger partial charge in [0.15, 0.2) is 0 Å². The summed E-state index contributed by atoms with van der Waals surface area (Å²) in [7, 11) is 0. The maximum Gasteiger partial charge on any atom is 0.127 e. The summed E-state index contributed by atoms with van der Waals surface area (Å²) in [5.74, 6) is 1.04. The molecule has 1 aliphatic heterocycles. The first-order valence-corrected chi connectivity index (χ1v) is 8.19. The van der Waals surface area contributed by atoms with Crippen LogP contribution in [0.4, 0.5) is 0 Å². The highest BCUT2D eigenvalue weighted by atomic mass is 35.5. The molecule has 106 valence electrons. The van der Waals surface area contributed by atoms with Crippen molar-refractivity contribution in [2.45, 2.75) is 26.3 Å². The Labute approximate surface area is 128 Å². The van der Waals surface area contributed by atoms with Gasteiger partial charge in [0.1, 0.15) is 5.75 Å². The second-order valence-electron chi connectivity index (χ2n) is 5.02. The minimum atomic E-state index is 0.110. The molecule has 20 heavy (non-hydrogen) atoms. The van der Waals surface area contributed by atoms with Crippen molar-refractivity contribution in [2.75, 3.05) is 13.2 Å². The molecule has 0 bridgehead atoms. The molecule has 1 N–H and O–H groups in total. The van der Waals surface area contributed by atoms with Gasteiger partial charge in [0.25, 0.3) is 0 Å². The molecule has 1 aromatic heterocycles. The van der Waals surface area contributed by atoms with Crippen molar-refractivity contribution in [3.8, 4) is 5.75 Å². The summed E-state index contributed by atoms with van der Waals surface area (Å²) in [5.41, 5.74) is 3.64. The van der Waals surface area contributed by atoms with Crippen LogP contribution in [-0.2, 0) is 6.42 Å². The van der Waals surface area contributed by atoms with E-state index < -0.39 is 0 Å². The third kappa shape index (κ3) is 2.34. The van der Waals surface area contributed by atoms with Crippen LogP contribution in [0.5, 0.6) is 5.75 Å². The van der Waals surface area contributed by atoms with Gasteiger partial charge >= 0.3 is 0 Å². The zero-order valence-electron chi connectivity index (χ0n) is 11.7. The van der Waals surface area contributed by atoms with Crippen LogP contribution in [-0.4, -0.2) is 13.2 Å². The molecule has 4 heteroatoms. The number of benzene rings is 1. The molecule has 0 saturated carbocycles. The van der Waals surface area contributed by atoms with Gasteiger partial charge in [0.2, 0.25) is 0 Å². The van der Waals surface area contributed by atoms with Crippen LogP contribution in [0.2, 0.25) is 5.02 Å². The second-order valence-corrected chi connectivity index (χ2v) is 6.31. The van der Waals surface area contributed by atoms with Crippen LogP contribution in [0.1, 0.15) is 34.5 Å². The van der Waals surface area contributed by atoms with Crippen LogP contribution >= 0.6 is 22.9 Å². The number of nitrogens with one attached hydrogen (secondary N) is 1. The molecule has 0 saturated heterocycles. The van der Waals surface area contributed by atoms with Crippen LogP contribution in [0, 0.1) is 6.92 Å². The Morgan fingerprint density at radius 1 is 1.45 bits per heavy atom. The molecule has 0 aliphatic carbocycles. The fourth-order valence-corrected chi connectivity index (χ4v) is 4.05. The van der Waals surface area contributed by atoms with Gasteiger partial charge in [-0.15, -0.1) is 11.3 Å². The average molecular weight is 308 g/mol. The third-order valence-electron chi connectivity index (χ3n) is 3.65. The van der Waals surface area contributed by atoms with Crippen LogP contribution in [0.3, 0.4) is 0 Å². The quantitative estimate of drug-likeness (QED) is 0.907. The normalized spacial score (nSPS) is 14.9. The second kappa shape index (κ2) is 5.76. The first kappa shape index (κ1) is 13.9. The zero-order chi connectivity index (χ0) is 14.1. The molecule has 0 radical (unpaired) electrons. The first-order chi connectivity index (χ1) is 9.72. The van der Waals surface area contributed by atoms with Gasteiger partial charge in [-0.1, -0.05) is 36.7 Å². The number of aryl methyl sites for hydroxylation is 1. The number of ether oxygens (including phenoxy) is 1. The Morgan fingerprint density at radius 2 is 2.30 bits per heavy atom. The van der Waals surface area contributed by atoms with Gasteiger partial charge < -0.3 is 10.1 Å². The van der Waals surface area contributed by atoms with Gasteiger partial charge in [-0.05, 0) is 30.0 Å². The molecular weight excluding hydrogens is 290 g/mol. The van der Waals surface area contributed by atoms with E-state index >= 15 is 0 Å². The van der Waals surface area contributed by atoms with E-state index in [0.717, 1.165) is 35.9 Å². The molecule has 0 spiro atoms. The van der Waals surface area contributed by atoms with Crippen LogP contribution < -0.4 is 10.1 Å². The van der Waals surface area contributed by atoms with E-state index in [1.807, 2.05) is 0 Å². The summed E-state index contributed by atoms with van der Waals surface area (Å²) in [6, 6.07) is 6.51. The maximum atomic E-state index is 6.47. The standard InChI is InChI=1S/C16H18ClNOS/c1-3-18-14(16-13(17)10(2)9-20-16)12-6-4-5-11-7-8-19-15(11)12/h4-6,9,14,18H,3,7-8H2,1-2H3. The van der Waals surface area contributed by atoms with E-state index in [0.29, 0.717) is 0 Å². The molecule has 1 aliphatic rings. The van der Waals surface area contributed by atoms with Gasteiger partial charge in [-0.3, -0.25) is 0 Å². The van der Waals surface area contributed by atoms with Crippen LogP contribution in [0.15, 0.2) is 23.6 Å². The smallest absolute Gasteiger partial charge is 0.127 e. The fraction of sp³-hybridized carbons (Fsp3) is 0.375. The van der Waals surface area contributed by atoms with E-state index in [4.69, 9.17) is 16.3 Å². The minimum Gasteiger partial charge on any atom is -0.493 e. The summed E-state index contributed by atoms with van der Waals surface area (Å²) < 4.78 is 5.85. The monoisotopic (exact) mass is 307 g/mol. The van der Waals surface area contributed by atoms with Crippen LogP contribution in [0.25, 0.3) is 0 Å². The molecule has 2 aromatic rings. The Bertz CT molecular complexity index is 623. The van der Waals surface area contributed by atoms with Crippen molar-refractivity contribution in [3.05, 3.63) is 50.2 Å². The first-order valence-electron chi connectivity index (χ1n) is 6.93. The molecule has 2 heterocycles. The van der Waals surface area contributed by atoms with E-state index in [2.05, 4.69) is 42.7 Å². The lowest BCUT2D eigenvalue weighted by Crippen LogP contribution is -2.22. The van der Waals surface area contributed by atoms with E-state index in [1.165, 1.54) is 16.0 Å². The van der Waals surface area contributed by atoms with Crippen molar-refractivity contribution in [1.29, 1.82) is 0 Å². The van der Waals surface area contributed by atoms with Crippen molar-refractivity contribution >= 4 is 22.9 Å². The molecule has 0 fully saturated rings. The molecule has 1 unspecified atom stereocenters. The number of hydrogen-bond acceptors (Lipinski definition) is 3. The van der Waals surface area contributed by atoms with Gasteiger partial charge in [-0.25, -0.2) is 0 Å². The molecule has 1 aromatic carbocycles. The van der Waals surface area contributed by atoms with Gasteiger partial charge in [0, 0.05) is 16.9 Å². The number of hydrogen-bond donors (Lipinski definition) is 1. The summed E-state index contributed by atoms with van der Waals surface area (Å²) in [6.45, 7) is 5.84. The number of thiophene rings is 1. The largest absolute Gasteiger partial charge is 0.493 e. The maximum absolute atomic E-state index is 6.47. The lowest BCUT2D eigenvalue weighted by Gasteiger charge is -2.20. The van der Waals surface area contributed by atoms with Crippen molar-refractivity contribution < 1.29 is 4.74 Å². The van der Waals surface area contributed by atoms with E-state index in [1.54, 1.807) is 11.3 Å². The number of para-hydroxylation sites is 1. The number of rotatable bonds is 4. The number of halogens is 1. The topological polar surface area (TPSA) is 21.3 Å². The highest BCUT2D eigenvalue weighted by Gasteiger charge is 2.25. The third-order valence-corrected chi connectivity index (χ3v) is 5.43. The van der Waals surface area contributed by atoms with Crippen molar-refractivity contribution in [1.82, 2.24) is 5.32 Å². The van der Waals surface area contributed by atoms with Gasteiger partial charge in [0.05, 0.1) is 17.7 Å². The predicted octanol–water partition coefficient (Wildman–Crippen LogP) is 4.34. The van der Waals surface area contributed by atoms with Crippen molar-refractivity contribution in [3.63, 3.8) is 0 Å². The molecule has 0 amide bonds. The van der Waals surface area contributed by atoms with Crippen molar-refractivity contribution in [2.24, 2.45) is 0 Å². The van der Waals surface area contributed by atoms with E-state index in [-0.39, 0.29) is 6.04 Å². The molecular formula is C16H18ClNOS. The molecule has 3 rings (SSSR count). The minimum absolute atomic E-state index is 0.110. The van der Waals surface area contributed by atoms with E-state index in [9.17, 15) is 0 Å². The summed E-state index contributed by atoms with van der Waals surface area (Å²) in [4.78, 5) is 1.18. The Hall–Kier alpha value is -1.03. The highest BCUT2D eigenvalue weighted by molar-refractivity contribution is 7.10. The lowest BCUT2D eigenvalue weighted by atomic mass is 10.00. The zero-order valence-corrected chi connectivity index (χ0v) is 13.3. The molecule has 1 atom stereocenters. The summed E-state index contributed by atoms with van der Waals surface area (Å²) in [5, 5.41) is 6.53. The summed E-state index contributed by atoms with van der Waals surface area (Å²) >= 11 is 8.18.